The number of hydrogen-bond acceptors (Lipinski definition) is 4. The highest BCUT2D eigenvalue weighted by molar-refractivity contribution is 7.22. The van der Waals surface area contributed by atoms with Crippen LogP contribution in [0.1, 0.15) is 67.6 Å². The lowest BCUT2D eigenvalue weighted by Gasteiger charge is -2.22. The minimum absolute atomic E-state index is 0.0389. The SMILES string of the molecule is CC(C)c1cccc2sc(N(Cc3cccnc3)C(=O)c3ccc(C(C)(C)C)cc3)nc12. The molecule has 4 rings (SSSR count). The summed E-state index contributed by atoms with van der Waals surface area (Å²) in [7, 11) is 0. The third-order valence-corrected chi connectivity index (χ3v) is 6.64. The van der Waals surface area contributed by atoms with Crippen LogP contribution in [0.2, 0.25) is 0 Å². The molecule has 2 aromatic heterocycles. The fraction of sp³-hybridized carbons (Fsp3) is 0.296. The Hall–Kier alpha value is -3.05. The van der Waals surface area contributed by atoms with Crippen LogP contribution in [0, 0.1) is 0 Å². The van der Waals surface area contributed by atoms with Crippen LogP contribution in [-0.2, 0) is 12.0 Å². The van der Waals surface area contributed by atoms with Crippen LogP contribution in [0.3, 0.4) is 0 Å². The summed E-state index contributed by atoms with van der Waals surface area (Å²) in [5.41, 5.74) is 5.05. The van der Waals surface area contributed by atoms with Gasteiger partial charge in [-0.2, -0.15) is 0 Å². The number of carbonyl (C=O) groups is 1. The molecule has 0 bridgehead atoms. The van der Waals surface area contributed by atoms with Crippen molar-refractivity contribution < 1.29 is 4.79 Å². The number of fused-ring (bicyclic) bond motifs is 1. The Morgan fingerprint density at radius 1 is 1.03 bits per heavy atom. The summed E-state index contributed by atoms with van der Waals surface area (Å²) in [6.07, 6.45) is 3.54. The smallest absolute Gasteiger partial charge is 0.260 e. The van der Waals surface area contributed by atoms with E-state index in [1.807, 2.05) is 36.4 Å². The highest BCUT2D eigenvalue weighted by Crippen LogP contribution is 2.35. The zero-order valence-electron chi connectivity index (χ0n) is 19.3. The molecule has 0 spiro atoms. The van der Waals surface area contributed by atoms with E-state index >= 15 is 0 Å². The first-order valence-electron chi connectivity index (χ1n) is 10.9. The monoisotopic (exact) mass is 443 g/mol. The van der Waals surface area contributed by atoms with Gasteiger partial charge in [0.15, 0.2) is 5.13 Å². The van der Waals surface area contributed by atoms with Crippen LogP contribution < -0.4 is 4.90 Å². The minimum Gasteiger partial charge on any atom is -0.279 e. The molecule has 0 radical (unpaired) electrons. The Morgan fingerprint density at radius 2 is 1.78 bits per heavy atom. The molecule has 0 aliphatic carbocycles. The number of thiazole rings is 1. The number of amides is 1. The van der Waals surface area contributed by atoms with Crippen LogP contribution >= 0.6 is 11.3 Å². The van der Waals surface area contributed by atoms with Gasteiger partial charge in [-0.3, -0.25) is 14.7 Å². The maximum absolute atomic E-state index is 13.7. The molecule has 1 amide bonds. The van der Waals surface area contributed by atoms with Gasteiger partial charge in [-0.15, -0.1) is 0 Å². The molecule has 0 aliphatic heterocycles. The van der Waals surface area contributed by atoms with Gasteiger partial charge >= 0.3 is 0 Å². The van der Waals surface area contributed by atoms with Crippen LogP contribution in [-0.4, -0.2) is 15.9 Å². The molecular formula is C27H29N3OS. The fourth-order valence-corrected chi connectivity index (χ4v) is 4.71. The molecule has 0 atom stereocenters. The van der Waals surface area contributed by atoms with Gasteiger partial charge < -0.3 is 0 Å². The van der Waals surface area contributed by atoms with Crippen molar-refractivity contribution in [2.45, 2.75) is 52.5 Å². The van der Waals surface area contributed by atoms with Gasteiger partial charge in [-0.25, -0.2) is 4.98 Å². The van der Waals surface area contributed by atoms with Crippen molar-refractivity contribution in [3.63, 3.8) is 0 Å². The van der Waals surface area contributed by atoms with Crippen molar-refractivity contribution in [1.29, 1.82) is 0 Å². The summed E-state index contributed by atoms with van der Waals surface area (Å²) in [5.74, 6) is 0.306. The first kappa shape index (κ1) is 22.2. The van der Waals surface area contributed by atoms with Gasteiger partial charge in [-0.05, 0) is 52.3 Å². The Morgan fingerprint density at radius 3 is 2.41 bits per heavy atom. The standard InChI is InChI=1S/C27H29N3OS/c1-18(2)22-9-6-10-23-24(22)29-26(32-23)30(17-19-8-7-15-28-16-19)25(31)20-11-13-21(14-12-20)27(3,4)5/h6-16,18H,17H2,1-5H3. The zero-order valence-corrected chi connectivity index (χ0v) is 20.1. The average molecular weight is 444 g/mol. The van der Waals surface area contributed by atoms with Crippen molar-refractivity contribution in [3.05, 3.63) is 89.2 Å². The van der Waals surface area contributed by atoms with Crippen molar-refractivity contribution in [2.75, 3.05) is 4.90 Å². The maximum Gasteiger partial charge on any atom is 0.260 e. The maximum atomic E-state index is 13.7. The quantitative estimate of drug-likeness (QED) is 0.335. The second kappa shape index (κ2) is 8.83. The molecule has 5 heteroatoms. The molecule has 0 N–H and O–H groups in total. The molecule has 0 aliphatic rings. The largest absolute Gasteiger partial charge is 0.279 e. The van der Waals surface area contributed by atoms with Crippen LogP contribution in [0.25, 0.3) is 10.2 Å². The third kappa shape index (κ3) is 4.58. The minimum atomic E-state index is -0.0561. The number of rotatable bonds is 5. The molecule has 4 nitrogen and oxygen atoms in total. The molecule has 0 unspecified atom stereocenters. The highest BCUT2D eigenvalue weighted by Gasteiger charge is 2.23. The lowest BCUT2D eigenvalue weighted by molar-refractivity contribution is 0.0985. The van der Waals surface area contributed by atoms with Crippen LogP contribution in [0.4, 0.5) is 5.13 Å². The van der Waals surface area contributed by atoms with E-state index in [0.29, 0.717) is 23.2 Å². The Kier molecular flexibility index (Phi) is 6.11. The molecule has 32 heavy (non-hydrogen) atoms. The van der Waals surface area contributed by atoms with Gasteiger partial charge in [0, 0.05) is 18.0 Å². The molecule has 4 aromatic rings. The Bertz CT molecular complexity index is 1220. The number of carbonyl (C=O) groups excluding carboxylic acids is 1. The topological polar surface area (TPSA) is 46.1 Å². The van der Waals surface area contributed by atoms with E-state index in [0.717, 1.165) is 15.8 Å². The van der Waals surface area contributed by atoms with E-state index < -0.39 is 0 Å². The van der Waals surface area contributed by atoms with Crippen molar-refractivity contribution >= 4 is 32.6 Å². The second-order valence-electron chi connectivity index (χ2n) is 9.43. The van der Waals surface area contributed by atoms with Crippen molar-refractivity contribution in [1.82, 2.24) is 9.97 Å². The predicted molar refractivity (Wildman–Crippen MR) is 134 cm³/mol. The summed E-state index contributed by atoms with van der Waals surface area (Å²) in [6.45, 7) is 11.3. The van der Waals surface area contributed by atoms with Gasteiger partial charge in [0.2, 0.25) is 0 Å². The van der Waals surface area contributed by atoms with Gasteiger partial charge in [-0.1, -0.05) is 76.3 Å². The summed E-state index contributed by atoms with van der Waals surface area (Å²) in [4.78, 5) is 24.6. The Labute approximate surface area is 194 Å². The summed E-state index contributed by atoms with van der Waals surface area (Å²) in [5, 5.41) is 0.710. The lowest BCUT2D eigenvalue weighted by atomic mass is 9.86. The average Bonchev–Trinajstić information content (AvgIpc) is 3.21. The van der Waals surface area contributed by atoms with E-state index in [-0.39, 0.29) is 11.3 Å². The fourth-order valence-electron chi connectivity index (χ4n) is 3.71. The third-order valence-electron chi connectivity index (χ3n) is 5.60. The highest BCUT2D eigenvalue weighted by atomic mass is 32.1. The summed E-state index contributed by atoms with van der Waals surface area (Å²) in [6, 6.07) is 18.1. The molecule has 2 aromatic carbocycles. The van der Waals surface area contributed by atoms with Crippen LogP contribution in [0.5, 0.6) is 0 Å². The number of hydrogen-bond donors (Lipinski definition) is 0. The normalized spacial score (nSPS) is 11.8. The van der Waals surface area contributed by atoms with E-state index in [1.54, 1.807) is 28.6 Å². The Balaban J connectivity index is 1.76. The number of benzene rings is 2. The number of aromatic nitrogens is 2. The van der Waals surface area contributed by atoms with E-state index in [4.69, 9.17) is 4.98 Å². The second-order valence-corrected chi connectivity index (χ2v) is 10.4. The van der Waals surface area contributed by atoms with E-state index in [9.17, 15) is 4.79 Å². The number of para-hydroxylation sites is 1. The number of nitrogens with zero attached hydrogens (tertiary/aromatic N) is 3. The number of anilines is 1. The number of pyridine rings is 1. The van der Waals surface area contributed by atoms with Crippen molar-refractivity contribution in [2.24, 2.45) is 0 Å². The van der Waals surface area contributed by atoms with Gasteiger partial charge in [0.25, 0.3) is 5.91 Å². The van der Waals surface area contributed by atoms with Gasteiger partial charge in [0.05, 0.1) is 16.8 Å². The molecule has 0 saturated carbocycles. The molecular weight excluding hydrogens is 414 g/mol. The van der Waals surface area contributed by atoms with Crippen molar-refractivity contribution in [3.8, 4) is 0 Å². The van der Waals surface area contributed by atoms with Gasteiger partial charge in [0.1, 0.15) is 0 Å². The van der Waals surface area contributed by atoms with E-state index in [1.165, 1.54) is 11.1 Å². The lowest BCUT2D eigenvalue weighted by Crippen LogP contribution is -2.30. The first-order chi connectivity index (χ1) is 15.2. The predicted octanol–water partition coefficient (Wildman–Crippen LogP) is 6.96. The molecule has 0 saturated heterocycles. The van der Waals surface area contributed by atoms with E-state index in [2.05, 4.69) is 57.8 Å². The summed E-state index contributed by atoms with van der Waals surface area (Å²) >= 11 is 1.56. The first-order valence-corrected chi connectivity index (χ1v) is 11.8. The zero-order chi connectivity index (χ0) is 22.9. The molecule has 2 heterocycles. The molecule has 164 valence electrons. The van der Waals surface area contributed by atoms with Crippen LogP contribution in [0.15, 0.2) is 67.0 Å². The molecule has 0 fully saturated rings. The summed E-state index contributed by atoms with van der Waals surface area (Å²) < 4.78 is 1.10.